The van der Waals surface area contributed by atoms with E-state index in [1.807, 2.05) is 12.1 Å². The minimum Gasteiger partial charge on any atom is -0.459 e. The molecule has 1 unspecified atom stereocenters. The number of benzene rings is 1. The summed E-state index contributed by atoms with van der Waals surface area (Å²) < 4.78 is 56.6. The van der Waals surface area contributed by atoms with Gasteiger partial charge in [0, 0.05) is 20.3 Å². The number of fused-ring (bicyclic) bond motifs is 1. The maximum absolute atomic E-state index is 14.5. The van der Waals surface area contributed by atoms with Crippen LogP contribution in [-0.4, -0.2) is 82.8 Å². The summed E-state index contributed by atoms with van der Waals surface area (Å²) in [7, 11) is -4.41. The van der Waals surface area contributed by atoms with Crippen molar-refractivity contribution in [3.63, 3.8) is 0 Å². The van der Waals surface area contributed by atoms with E-state index < -0.39 is 68.3 Å². The van der Waals surface area contributed by atoms with Gasteiger partial charge in [-0.1, -0.05) is 32.9 Å². The molecule has 1 aromatic carbocycles. The highest BCUT2D eigenvalue weighted by molar-refractivity contribution is 7.52. The van der Waals surface area contributed by atoms with Gasteiger partial charge in [0.1, 0.15) is 41.4 Å². The number of carbonyl (C=O) groups excluding carboxylic acids is 3. The molecule has 0 aliphatic carbocycles. The summed E-state index contributed by atoms with van der Waals surface area (Å²) in [5.41, 5.74) is 6.29. The molecular weight excluding hydrogens is 673 g/mol. The molecule has 50 heavy (non-hydrogen) atoms. The Morgan fingerprint density at radius 2 is 1.80 bits per heavy atom. The van der Waals surface area contributed by atoms with Crippen molar-refractivity contribution in [3.05, 3.63) is 54.0 Å². The molecule has 2 aromatic heterocycles. The Morgan fingerprint density at radius 3 is 2.42 bits per heavy atom. The van der Waals surface area contributed by atoms with E-state index in [0.29, 0.717) is 24.2 Å². The number of nitrogens with zero attached hydrogens (tertiary/aromatic N) is 3. The maximum Gasteiger partial charge on any atom is 0.459 e. The molecule has 3 N–H and O–H groups in total. The van der Waals surface area contributed by atoms with Crippen molar-refractivity contribution in [2.24, 2.45) is 0 Å². The van der Waals surface area contributed by atoms with E-state index in [0.717, 1.165) is 5.56 Å². The van der Waals surface area contributed by atoms with Gasteiger partial charge in [0.2, 0.25) is 0 Å². The number of hydrogen-bond acceptors (Lipinski definition) is 14. The van der Waals surface area contributed by atoms with Crippen LogP contribution in [0.5, 0.6) is 5.75 Å². The third-order valence-electron chi connectivity index (χ3n) is 8.42. The predicted octanol–water partition coefficient (Wildman–Crippen LogP) is 3.60. The largest absolute Gasteiger partial charge is 0.459 e. The summed E-state index contributed by atoms with van der Waals surface area (Å²) in [4.78, 5) is 41.8. The van der Waals surface area contributed by atoms with Crippen LogP contribution in [0.1, 0.15) is 66.1 Å². The Hall–Kier alpha value is -4.08. The third-order valence-corrected chi connectivity index (χ3v) is 10.1. The molecule has 16 nitrogen and oxygen atoms in total. The van der Waals surface area contributed by atoms with Gasteiger partial charge in [-0.3, -0.25) is 18.9 Å². The minimum atomic E-state index is -4.41. The molecule has 0 spiro atoms. The van der Waals surface area contributed by atoms with E-state index in [1.165, 1.54) is 31.6 Å². The summed E-state index contributed by atoms with van der Waals surface area (Å²) in [6, 6.07) is 9.16. The van der Waals surface area contributed by atoms with Crippen LogP contribution in [0.15, 0.2) is 42.7 Å². The average Bonchev–Trinajstić information content (AvgIpc) is 3.76. The molecule has 0 saturated carbocycles. The summed E-state index contributed by atoms with van der Waals surface area (Å²) in [6.07, 6.45) is -2.26. The average molecular weight is 718 g/mol. The van der Waals surface area contributed by atoms with E-state index in [1.54, 1.807) is 31.2 Å². The molecule has 2 aliphatic heterocycles. The van der Waals surface area contributed by atoms with Crippen molar-refractivity contribution in [2.45, 2.75) is 96.4 Å². The SMILES string of the molecule is CC(=O)O[C@H]1[C@@H](OC(C)=O)[C@](C)(c2ccc3c(N)ncnn23)O[C@@H]1COP(=O)(N[C@@H](C)C(=O)O[C@H]1CCOC1)Oc1ccc(C(C)(C)C)cc1. The first-order chi connectivity index (χ1) is 23.5. The molecular formula is C33H44N5O11P. The molecule has 17 heteroatoms. The summed E-state index contributed by atoms with van der Waals surface area (Å²) >= 11 is 0. The molecule has 5 rings (SSSR count). The number of hydrogen-bond donors (Lipinski definition) is 2. The lowest BCUT2D eigenvalue weighted by molar-refractivity contribution is -0.168. The molecule has 0 radical (unpaired) electrons. The highest BCUT2D eigenvalue weighted by atomic mass is 31.2. The van der Waals surface area contributed by atoms with Gasteiger partial charge < -0.3 is 33.9 Å². The lowest BCUT2D eigenvalue weighted by Gasteiger charge is -2.30. The number of nitrogens with one attached hydrogen (secondary N) is 1. The van der Waals surface area contributed by atoms with E-state index in [9.17, 15) is 18.9 Å². The Labute approximate surface area is 289 Å². The zero-order valence-electron chi connectivity index (χ0n) is 29.1. The van der Waals surface area contributed by atoms with Gasteiger partial charge in [0.05, 0.1) is 25.5 Å². The number of carbonyl (C=O) groups is 3. The van der Waals surface area contributed by atoms with E-state index in [-0.39, 0.29) is 23.6 Å². The number of ether oxygens (including phenoxy) is 5. The number of anilines is 1. The van der Waals surface area contributed by atoms with Crippen molar-refractivity contribution >= 4 is 37.0 Å². The minimum absolute atomic E-state index is 0.154. The molecule has 4 heterocycles. The second kappa shape index (κ2) is 14.6. The van der Waals surface area contributed by atoms with E-state index >= 15 is 0 Å². The summed E-state index contributed by atoms with van der Waals surface area (Å²) in [5.74, 6) is -1.66. The van der Waals surface area contributed by atoms with Gasteiger partial charge in [-0.05, 0) is 49.1 Å². The van der Waals surface area contributed by atoms with Gasteiger partial charge >= 0.3 is 25.7 Å². The van der Waals surface area contributed by atoms with Crippen LogP contribution < -0.4 is 15.3 Å². The van der Waals surface area contributed by atoms with Crippen molar-refractivity contribution < 1.29 is 51.7 Å². The molecule has 2 aliphatic rings. The van der Waals surface area contributed by atoms with Gasteiger partial charge in [-0.2, -0.15) is 10.2 Å². The molecule has 7 atom stereocenters. The Bertz CT molecular complexity index is 1750. The zero-order chi connectivity index (χ0) is 36.4. The topological polar surface area (TPSA) is 201 Å². The van der Waals surface area contributed by atoms with Crippen LogP contribution in [0.4, 0.5) is 5.82 Å². The highest BCUT2D eigenvalue weighted by Crippen LogP contribution is 2.48. The fourth-order valence-electron chi connectivity index (χ4n) is 5.89. The monoisotopic (exact) mass is 717 g/mol. The van der Waals surface area contributed by atoms with Crippen LogP contribution in [0.25, 0.3) is 5.52 Å². The summed E-state index contributed by atoms with van der Waals surface area (Å²) in [5, 5.41) is 6.97. The fourth-order valence-corrected chi connectivity index (χ4v) is 7.39. The Kier molecular flexibility index (Phi) is 10.9. The van der Waals surface area contributed by atoms with Crippen molar-refractivity contribution in [1.82, 2.24) is 19.7 Å². The van der Waals surface area contributed by atoms with Gasteiger partial charge in [0.25, 0.3) is 0 Å². The van der Waals surface area contributed by atoms with Crippen molar-refractivity contribution in [3.8, 4) is 5.75 Å². The number of aromatic nitrogens is 3. The van der Waals surface area contributed by atoms with Gasteiger partial charge in [-0.15, -0.1) is 0 Å². The number of rotatable bonds is 12. The smallest absolute Gasteiger partial charge is 0.459 e. The molecule has 0 bridgehead atoms. The highest BCUT2D eigenvalue weighted by Gasteiger charge is 2.59. The molecule has 0 amide bonds. The number of nitrogen functional groups attached to an aromatic ring is 1. The molecule has 272 valence electrons. The second-order valence-electron chi connectivity index (χ2n) is 13.5. The normalized spacial score (nSPS) is 25.5. The van der Waals surface area contributed by atoms with Crippen molar-refractivity contribution in [2.75, 3.05) is 25.6 Å². The standard InChI is InChI=1S/C33H44N5O11P/c1-19(31(41)47-24-14-15-43-16-24)37-50(42,49-23-10-8-22(9-11-23)32(4,5)6)44-17-26-28(45-20(2)39)29(46-21(3)40)33(7,48-26)27-13-12-25-30(34)35-18-36-38(25)27/h8-13,18-19,24,26,28-29H,14-17H2,1-7H3,(H,37,42)(H2,34,35,36)/t19-,24-,26+,28+,29+,33-,50?/m0/s1. The van der Waals surface area contributed by atoms with Crippen LogP contribution in [0.3, 0.4) is 0 Å². The first kappa shape index (κ1) is 37.2. The summed E-state index contributed by atoms with van der Waals surface area (Å²) in [6.45, 7) is 11.9. The zero-order valence-corrected chi connectivity index (χ0v) is 30.0. The van der Waals surface area contributed by atoms with Gasteiger partial charge in [0.15, 0.2) is 18.0 Å². The fraction of sp³-hybridized carbons (Fsp3) is 0.545. The van der Waals surface area contributed by atoms with Crippen LogP contribution in [0.2, 0.25) is 0 Å². The van der Waals surface area contributed by atoms with Crippen LogP contribution in [-0.2, 0) is 58.2 Å². The quantitative estimate of drug-likeness (QED) is 0.156. The Morgan fingerprint density at radius 1 is 1.10 bits per heavy atom. The molecule has 2 saturated heterocycles. The van der Waals surface area contributed by atoms with Crippen LogP contribution >= 0.6 is 7.75 Å². The molecule has 2 fully saturated rings. The first-order valence-corrected chi connectivity index (χ1v) is 17.7. The van der Waals surface area contributed by atoms with Crippen LogP contribution in [0, 0.1) is 0 Å². The maximum atomic E-state index is 14.5. The first-order valence-electron chi connectivity index (χ1n) is 16.2. The van der Waals surface area contributed by atoms with E-state index in [4.69, 9.17) is 38.5 Å². The van der Waals surface area contributed by atoms with Crippen molar-refractivity contribution in [1.29, 1.82) is 0 Å². The molecule has 3 aromatic rings. The predicted molar refractivity (Wildman–Crippen MR) is 178 cm³/mol. The van der Waals surface area contributed by atoms with E-state index in [2.05, 4.69) is 35.9 Å². The number of esters is 3. The lowest BCUT2D eigenvalue weighted by atomic mass is 9.87. The van der Waals surface area contributed by atoms with Gasteiger partial charge in [-0.25, -0.2) is 14.1 Å². The number of nitrogens with two attached hydrogens (primary N) is 1. The third kappa shape index (κ3) is 8.27. The lowest BCUT2D eigenvalue weighted by Crippen LogP contribution is -2.45. The Balaban J connectivity index is 1.45. The second-order valence-corrected chi connectivity index (χ2v) is 15.2.